The summed E-state index contributed by atoms with van der Waals surface area (Å²) in [5.74, 6) is -8.57. The molecule has 0 saturated heterocycles. The van der Waals surface area contributed by atoms with E-state index >= 15 is 0 Å². The van der Waals surface area contributed by atoms with E-state index in [0.717, 1.165) is 30.7 Å². The first kappa shape index (κ1) is 31.5. The van der Waals surface area contributed by atoms with Crippen molar-refractivity contribution in [1.29, 1.82) is 0 Å². The minimum Gasteiger partial charge on any atom is -0.491 e. The molecule has 4 aromatic rings. The summed E-state index contributed by atoms with van der Waals surface area (Å²) >= 11 is 0. The number of unbranched alkanes of at least 4 members (excludes halogenated alkanes) is 1. The average molecular weight is 609 g/mol. The molecule has 4 aromatic carbocycles. The molecule has 228 valence electrons. The van der Waals surface area contributed by atoms with E-state index in [-0.39, 0.29) is 24.5 Å². The standard InChI is InChI=1S/C32H27F7O4/c1-3-5-16-41-26-13-11-22(28(34)29(26)35)20-8-6-19(7-9-20)21-10-12-24(23(33)17-21)42-18-32(38,39)43-27-15-14-25(40-4-2)30(36)31(27)37/h6-15,17H,3-5,16,18H2,1-2H3. The maximum absolute atomic E-state index is 14.7. The Hall–Kier alpha value is -4.41. The van der Waals surface area contributed by atoms with Crippen LogP contribution in [-0.4, -0.2) is 25.9 Å². The highest BCUT2D eigenvalue weighted by molar-refractivity contribution is 5.71. The molecule has 0 unspecified atom stereocenters. The van der Waals surface area contributed by atoms with E-state index in [0.29, 0.717) is 23.1 Å². The van der Waals surface area contributed by atoms with Crippen LogP contribution in [0.4, 0.5) is 30.7 Å². The summed E-state index contributed by atoms with van der Waals surface area (Å²) in [6.45, 7) is 2.27. The third-order valence-corrected chi connectivity index (χ3v) is 6.23. The molecule has 0 heterocycles. The number of halogens is 7. The summed E-state index contributed by atoms with van der Waals surface area (Å²) in [7, 11) is 0. The second-order valence-corrected chi connectivity index (χ2v) is 9.31. The first-order valence-electron chi connectivity index (χ1n) is 13.4. The molecule has 0 radical (unpaired) electrons. The zero-order valence-electron chi connectivity index (χ0n) is 23.2. The van der Waals surface area contributed by atoms with Crippen LogP contribution >= 0.6 is 0 Å². The largest absolute Gasteiger partial charge is 0.491 e. The second-order valence-electron chi connectivity index (χ2n) is 9.31. The lowest BCUT2D eigenvalue weighted by Gasteiger charge is -2.19. The van der Waals surface area contributed by atoms with Crippen molar-refractivity contribution in [2.24, 2.45) is 0 Å². The molecule has 4 rings (SSSR count). The number of rotatable bonds is 13. The molecule has 0 atom stereocenters. The SMILES string of the molecule is CCCCOc1ccc(-c2ccc(-c3ccc(OCC(F)(F)Oc4ccc(OCC)c(F)c4F)c(F)c3)cc2)c(F)c1F. The van der Waals surface area contributed by atoms with Gasteiger partial charge in [0.05, 0.1) is 13.2 Å². The predicted molar refractivity (Wildman–Crippen MR) is 146 cm³/mol. The molecule has 0 aliphatic rings. The molecular formula is C32H27F7O4. The monoisotopic (exact) mass is 608 g/mol. The number of ether oxygens (including phenoxy) is 4. The fourth-order valence-electron chi connectivity index (χ4n) is 4.04. The molecule has 11 heteroatoms. The molecular weight excluding hydrogens is 581 g/mol. The Morgan fingerprint density at radius 2 is 1.14 bits per heavy atom. The molecule has 0 bridgehead atoms. The Labute approximate surface area is 243 Å². The highest BCUT2D eigenvalue weighted by Crippen LogP contribution is 2.34. The van der Waals surface area contributed by atoms with E-state index in [1.165, 1.54) is 37.3 Å². The third-order valence-electron chi connectivity index (χ3n) is 6.23. The summed E-state index contributed by atoms with van der Waals surface area (Å²) in [4.78, 5) is 0. The van der Waals surface area contributed by atoms with E-state index in [2.05, 4.69) is 4.74 Å². The van der Waals surface area contributed by atoms with Gasteiger partial charge >= 0.3 is 6.11 Å². The van der Waals surface area contributed by atoms with Gasteiger partial charge in [0.25, 0.3) is 0 Å². The van der Waals surface area contributed by atoms with Gasteiger partial charge in [-0.05, 0) is 66.4 Å². The van der Waals surface area contributed by atoms with Crippen LogP contribution in [0.15, 0.2) is 66.7 Å². The Balaban J connectivity index is 1.42. The van der Waals surface area contributed by atoms with Crippen molar-refractivity contribution in [3.05, 3.63) is 95.8 Å². The van der Waals surface area contributed by atoms with Gasteiger partial charge in [-0.1, -0.05) is 43.7 Å². The van der Waals surface area contributed by atoms with Crippen LogP contribution in [0, 0.1) is 29.1 Å². The van der Waals surface area contributed by atoms with E-state index in [4.69, 9.17) is 14.2 Å². The lowest BCUT2D eigenvalue weighted by molar-refractivity contribution is -0.197. The van der Waals surface area contributed by atoms with Gasteiger partial charge in [-0.2, -0.15) is 22.0 Å². The molecule has 0 fully saturated rings. The molecule has 0 saturated carbocycles. The van der Waals surface area contributed by atoms with Crippen LogP contribution in [0.25, 0.3) is 22.3 Å². The van der Waals surface area contributed by atoms with E-state index < -0.39 is 59.1 Å². The van der Waals surface area contributed by atoms with Crippen LogP contribution in [-0.2, 0) is 0 Å². The van der Waals surface area contributed by atoms with Gasteiger partial charge in [0.15, 0.2) is 41.2 Å². The minimum absolute atomic E-state index is 0.0119. The first-order valence-corrected chi connectivity index (χ1v) is 13.4. The summed E-state index contributed by atoms with van der Waals surface area (Å²) < 4.78 is 120. The van der Waals surface area contributed by atoms with E-state index in [1.807, 2.05) is 6.92 Å². The van der Waals surface area contributed by atoms with Crippen LogP contribution < -0.4 is 18.9 Å². The van der Waals surface area contributed by atoms with Crippen molar-refractivity contribution in [3.8, 4) is 45.3 Å². The zero-order valence-corrected chi connectivity index (χ0v) is 23.2. The van der Waals surface area contributed by atoms with Crippen molar-refractivity contribution in [3.63, 3.8) is 0 Å². The minimum atomic E-state index is -4.14. The highest BCUT2D eigenvalue weighted by Gasteiger charge is 2.35. The number of hydrogen-bond donors (Lipinski definition) is 0. The van der Waals surface area contributed by atoms with Gasteiger partial charge in [-0.3, -0.25) is 0 Å². The van der Waals surface area contributed by atoms with Crippen molar-refractivity contribution >= 4 is 0 Å². The van der Waals surface area contributed by atoms with Crippen LogP contribution in [0.3, 0.4) is 0 Å². The summed E-state index contributed by atoms with van der Waals surface area (Å²) in [6, 6.07) is 14.2. The van der Waals surface area contributed by atoms with Gasteiger partial charge in [-0.15, -0.1) is 0 Å². The molecule has 0 aromatic heterocycles. The van der Waals surface area contributed by atoms with Gasteiger partial charge in [-0.25, -0.2) is 8.78 Å². The van der Waals surface area contributed by atoms with Crippen molar-refractivity contribution in [2.75, 3.05) is 19.8 Å². The van der Waals surface area contributed by atoms with Crippen LogP contribution in [0.1, 0.15) is 26.7 Å². The summed E-state index contributed by atoms with van der Waals surface area (Å²) in [5, 5.41) is 0. The Morgan fingerprint density at radius 1 is 0.581 bits per heavy atom. The lowest BCUT2D eigenvalue weighted by Crippen LogP contribution is -2.33. The van der Waals surface area contributed by atoms with Crippen molar-refractivity contribution < 1.29 is 49.7 Å². The summed E-state index contributed by atoms with van der Waals surface area (Å²) in [6.07, 6.45) is -2.60. The van der Waals surface area contributed by atoms with Crippen molar-refractivity contribution in [1.82, 2.24) is 0 Å². The van der Waals surface area contributed by atoms with Crippen molar-refractivity contribution in [2.45, 2.75) is 32.8 Å². The molecule has 0 aliphatic carbocycles. The maximum Gasteiger partial charge on any atom is 0.433 e. The Kier molecular flexibility index (Phi) is 10.1. The molecule has 0 spiro atoms. The van der Waals surface area contributed by atoms with Crippen LogP contribution in [0.5, 0.6) is 23.0 Å². The zero-order chi connectivity index (χ0) is 31.1. The van der Waals surface area contributed by atoms with E-state index in [1.54, 1.807) is 12.1 Å². The van der Waals surface area contributed by atoms with Gasteiger partial charge in [0.1, 0.15) is 0 Å². The average Bonchev–Trinajstić information content (AvgIpc) is 2.99. The Bertz CT molecular complexity index is 1560. The van der Waals surface area contributed by atoms with Gasteiger partial charge < -0.3 is 18.9 Å². The molecule has 0 N–H and O–H groups in total. The Morgan fingerprint density at radius 3 is 1.81 bits per heavy atom. The second kappa shape index (κ2) is 13.7. The molecule has 43 heavy (non-hydrogen) atoms. The molecule has 4 nitrogen and oxygen atoms in total. The van der Waals surface area contributed by atoms with Crippen LogP contribution in [0.2, 0.25) is 0 Å². The highest BCUT2D eigenvalue weighted by atomic mass is 19.3. The van der Waals surface area contributed by atoms with Gasteiger partial charge in [0, 0.05) is 5.56 Å². The number of hydrogen-bond acceptors (Lipinski definition) is 4. The predicted octanol–water partition coefficient (Wildman–Crippen LogP) is 9.34. The van der Waals surface area contributed by atoms with E-state index in [9.17, 15) is 30.7 Å². The third kappa shape index (κ3) is 7.52. The van der Waals surface area contributed by atoms with Gasteiger partial charge in [0.2, 0.25) is 17.5 Å². The lowest BCUT2D eigenvalue weighted by atomic mass is 9.99. The molecule has 0 amide bonds. The quantitative estimate of drug-likeness (QED) is 0.112. The smallest absolute Gasteiger partial charge is 0.433 e. The normalized spacial score (nSPS) is 11.4. The fourth-order valence-corrected chi connectivity index (χ4v) is 4.04. The molecule has 0 aliphatic heterocycles. The number of alkyl halides is 2. The summed E-state index contributed by atoms with van der Waals surface area (Å²) in [5.41, 5.74) is 1.22. The topological polar surface area (TPSA) is 36.9 Å². The number of benzene rings is 4. The maximum atomic E-state index is 14.7. The first-order chi connectivity index (χ1) is 20.5. The fraction of sp³-hybridized carbons (Fsp3) is 0.250.